The maximum absolute atomic E-state index is 13.3. The highest BCUT2D eigenvalue weighted by Gasteiger charge is 2.35. The molecule has 2 atom stereocenters. The average Bonchev–Trinajstić information content (AvgIpc) is 2.84. The molecular formula is C29H38O. The summed E-state index contributed by atoms with van der Waals surface area (Å²) in [6.45, 7) is 4.45. The summed E-state index contributed by atoms with van der Waals surface area (Å²) in [7, 11) is 0. The number of hydrogen-bond donors (Lipinski definition) is 0. The Morgan fingerprint density at radius 2 is 0.933 bits per heavy atom. The van der Waals surface area contributed by atoms with Crippen LogP contribution in [0.1, 0.15) is 88.2 Å². The largest absolute Gasteiger partial charge is 0.299 e. The monoisotopic (exact) mass is 402 g/mol. The van der Waals surface area contributed by atoms with E-state index in [1.54, 1.807) is 0 Å². The van der Waals surface area contributed by atoms with Gasteiger partial charge in [0.25, 0.3) is 0 Å². The van der Waals surface area contributed by atoms with Gasteiger partial charge in [-0.25, -0.2) is 0 Å². The fourth-order valence-electron chi connectivity index (χ4n) is 6.23. The highest BCUT2D eigenvalue weighted by molar-refractivity contribution is 5.83. The molecule has 0 aromatic heterocycles. The Kier molecular flexibility index (Phi) is 7.08. The molecule has 0 bridgehead atoms. The van der Waals surface area contributed by atoms with E-state index in [1.807, 2.05) is 0 Å². The normalized spacial score (nSPS) is 29.1. The van der Waals surface area contributed by atoms with Crippen molar-refractivity contribution < 1.29 is 4.79 Å². The fourth-order valence-corrected chi connectivity index (χ4v) is 6.23. The van der Waals surface area contributed by atoms with E-state index < -0.39 is 0 Å². The zero-order valence-electron chi connectivity index (χ0n) is 18.8. The Labute approximate surface area is 183 Å². The number of benzene rings is 2. The molecule has 2 saturated carbocycles. The van der Waals surface area contributed by atoms with Crippen molar-refractivity contribution in [3.8, 4) is 0 Å². The Hall–Kier alpha value is -1.89. The van der Waals surface area contributed by atoms with Gasteiger partial charge in [0.1, 0.15) is 5.78 Å². The Bertz CT molecular complexity index is 712. The van der Waals surface area contributed by atoms with Crippen LogP contribution in [0.4, 0.5) is 0 Å². The lowest BCUT2D eigenvalue weighted by Crippen LogP contribution is -2.33. The maximum atomic E-state index is 13.3. The molecule has 0 radical (unpaired) electrons. The number of carbonyl (C=O) groups excluding carboxylic acids is 1. The van der Waals surface area contributed by atoms with Gasteiger partial charge in [0.15, 0.2) is 0 Å². The van der Waals surface area contributed by atoms with Gasteiger partial charge in [-0.1, -0.05) is 74.5 Å². The molecule has 1 heteroatoms. The van der Waals surface area contributed by atoms with Crippen molar-refractivity contribution >= 4 is 5.78 Å². The standard InChI is InChI=1S/C29H38O/c1-21(23-13-17-27(18-14-23)25-9-5-3-6-10-25)29(30)22(2)24-15-19-28(20-16-24)26-11-7-4-8-12-26/h3-12,21-24,27-28H,13-20H2,1-2H3. The van der Waals surface area contributed by atoms with E-state index in [0.29, 0.717) is 29.5 Å². The second kappa shape index (κ2) is 9.94. The molecular weight excluding hydrogens is 364 g/mol. The molecule has 2 aromatic carbocycles. The predicted octanol–water partition coefficient (Wildman–Crippen LogP) is 7.78. The lowest BCUT2D eigenvalue weighted by molar-refractivity contribution is -0.130. The highest BCUT2D eigenvalue weighted by atomic mass is 16.1. The molecule has 2 aromatic rings. The predicted molar refractivity (Wildman–Crippen MR) is 126 cm³/mol. The van der Waals surface area contributed by atoms with E-state index >= 15 is 0 Å². The van der Waals surface area contributed by atoms with Gasteiger partial charge < -0.3 is 0 Å². The van der Waals surface area contributed by atoms with Gasteiger partial charge in [0.05, 0.1) is 0 Å². The third-order valence-electron chi connectivity index (χ3n) is 8.40. The minimum Gasteiger partial charge on any atom is -0.299 e. The SMILES string of the molecule is CC(C(=O)C(C)C1CCC(c2ccccc2)CC1)C1CCC(c2ccccc2)CC1. The molecule has 160 valence electrons. The molecule has 1 nitrogen and oxygen atoms in total. The molecule has 0 N–H and O–H groups in total. The lowest BCUT2D eigenvalue weighted by Gasteiger charge is -2.36. The van der Waals surface area contributed by atoms with Crippen LogP contribution in [0.3, 0.4) is 0 Å². The fraction of sp³-hybridized carbons (Fsp3) is 0.552. The first-order valence-corrected chi connectivity index (χ1v) is 12.3. The van der Waals surface area contributed by atoms with Crippen molar-refractivity contribution in [2.75, 3.05) is 0 Å². The number of hydrogen-bond acceptors (Lipinski definition) is 1. The molecule has 2 aliphatic rings. The van der Waals surface area contributed by atoms with Crippen molar-refractivity contribution in [3.63, 3.8) is 0 Å². The van der Waals surface area contributed by atoms with Gasteiger partial charge in [-0.05, 0) is 86.2 Å². The minimum atomic E-state index is 0.226. The van der Waals surface area contributed by atoms with Crippen LogP contribution in [0.2, 0.25) is 0 Å². The van der Waals surface area contributed by atoms with Gasteiger partial charge in [-0.15, -0.1) is 0 Å². The third kappa shape index (κ3) is 4.88. The Morgan fingerprint density at radius 1 is 0.600 bits per heavy atom. The van der Waals surface area contributed by atoms with E-state index in [1.165, 1.54) is 62.5 Å². The van der Waals surface area contributed by atoms with Crippen LogP contribution in [0.5, 0.6) is 0 Å². The van der Waals surface area contributed by atoms with E-state index in [0.717, 1.165) is 0 Å². The summed E-state index contributed by atoms with van der Waals surface area (Å²) >= 11 is 0. The van der Waals surface area contributed by atoms with Crippen LogP contribution in [0.15, 0.2) is 60.7 Å². The maximum Gasteiger partial charge on any atom is 0.139 e. The molecule has 0 spiro atoms. The van der Waals surface area contributed by atoms with Gasteiger partial charge in [0.2, 0.25) is 0 Å². The summed E-state index contributed by atoms with van der Waals surface area (Å²) in [4.78, 5) is 13.3. The molecule has 2 unspecified atom stereocenters. The van der Waals surface area contributed by atoms with Crippen LogP contribution in [0.25, 0.3) is 0 Å². The molecule has 2 aliphatic carbocycles. The van der Waals surface area contributed by atoms with Crippen molar-refractivity contribution in [1.29, 1.82) is 0 Å². The molecule has 2 fully saturated rings. The zero-order chi connectivity index (χ0) is 20.9. The Balaban J connectivity index is 1.27. The Morgan fingerprint density at radius 3 is 1.27 bits per heavy atom. The van der Waals surface area contributed by atoms with Crippen LogP contribution in [-0.2, 0) is 4.79 Å². The summed E-state index contributed by atoms with van der Waals surface area (Å²) in [5.74, 6) is 3.54. The second-order valence-electron chi connectivity index (χ2n) is 10.0. The van der Waals surface area contributed by atoms with E-state index in [4.69, 9.17) is 0 Å². The molecule has 0 amide bonds. The van der Waals surface area contributed by atoms with Crippen LogP contribution in [-0.4, -0.2) is 5.78 Å². The zero-order valence-corrected chi connectivity index (χ0v) is 18.8. The summed E-state index contributed by atoms with van der Waals surface area (Å²) < 4.78 is 0. The van der Waals surface area contributed by atoms with E-state index in [9.17, 15) is 4.79 Å². The average molecular weight is 403 g/mol. The molecule has 4 rings (SSSR count). The first kappa shape index (κ1) is 21.3. The molecule has 30 heavy (non-hydrogen) atoms. The lowest BCUT2D eigenvalue weighted by atomic mass is 9.68. The minimum absolute atomic E-state index is 0.226. The first-order chi connectivity index (χ1) is 14.6. The number of Topliss-reactive ketones (excluding diaryl/α,β-unsaturated/α-hetero) is 1. The van der Waals surface area contributed by atoms with Crippen LogP contribution < -0.4 is 0 Å². The quantitative estimate of drug-likeness (QED) is 0.482. The summed E-state index contributed by atoms with van der Waals surface area (Å²) in [6.07, 6.45) is 9.79. The molecule has 0 aliphatic heterocycles. The van der Waals surface area contributed by atoms with E-state index in [-0.39, 0.29) is 11.8 Å². The van der Waals surface area contributed by atoms with Crippen molar-refractivity contribution in [3.05, 3.63) is 71.8 Å². The molecule has 0 saturated heterocycles. The van der Waals surface area contributed by atoms with Gasteiger partial charge in [-0.2, -0.15) is 0 Å². The summed E-state index contributed by atoms with van der Waals surface area (Å²) in [5, 5.41) is 0. The highest BCUT2D eigenvalue weighted by Crippen LogP contribution is 2.42. The molecule has 0 heterocycles. The van der Waals surface area contributed by atoms with Crippen molar-refractivity contribution in [2.24, 2.45) is 23.7 Å². The number of rotatable bonds is 6. The second-order valence-corrected chi connectivity index (χ2v) is 10.0. The topological polar surface area (TPSA) is 17.1 Å². The third-order valence-corrected chi connectivity index (χ3v) is 8.40. The van der Waals surface area contributed by atoms with Crippen molar-refractivity contribution in [1.82, 2.24) is 0 Å². The van der Waals surface area contributed by atoms with Gasteiger partial charge >= 0.3 is 0 Å². The number of carbonyl (C=O) groups is 1. The van der Waals surface area contributed by atoms with Gasteiger partial charge in [-0.3, -0.25) is 4.79 Å². The van der Waals surface area contributed by atoms with Crippen LogP contribution in [0, 0.1) is 23.7 Å². The van der Waals surface area contributed by atoms with Crippen LogP contribution >= 0.6 is 0 Å². The number of ketones is 1. The first-order valence-electron chi connectivity index (χ1n) is 12.3. The summed E-state index contributed by atoms with van der Waals surface area (Å²) in [6, 6.07) is 21.9. The smallest absolute Gasteiger partial charge is 0.139 e. The summed E-state index contributed by atoms with van der Waals surface area (Å²) in [5.41, 5.74) is 2.97. The van der Waals surface area contributed by atoms with Gasteiger partial charge in [0, 0.05) is 11.8 Å². The van der Waals surface area contributed by atoms with E-state index in [2.05, 4.69) is 74.5 Å². The van der Waals surface area contributed by atoms with Crippen molar-refractivity contribution in [2.45, 2.75) is 77.0 Å².